The molecule has 2 N–H and O–H groups in total. The van der Waals surface area contributed by atoms with Gasteiger partial charge >= 0.3 is 5.97 Å². The molecule has 2 rings (SSSR count). The molecular weight excluding hydrogens is 220 g/mol. The number of ether oxygens (including phenoxy) is 2. The summed E-state index contributed by atoms with van der Waals surface area (Å²) in [5.74, 6) is -0.726. The standard InChI is InChI=1S/C9H10O5S/c10-5-3-13-4-7(5)14-6-1-2-15-8(6)9(11)12/h1-2,5,7,10H,3-4H2,(H,11,12). The summed E-state index contributed by atoms with van der Waals surface area (Å²) in [6.07, 6.45) is -1.16. The van der Waals surface area contributed by atoms with Gasteiger partial charge in [-0.05, 0) is 11.4 Å². The van der Waals surface area contributed by atoms with Gasteiger partial charge in [0, 0.05) is 0 Å². The van der Waals surface area contributed by atoms with Crippen molar-refractivity contribution in [1.29, 1.82) is 0 Å². The highest BCUT2D eigenvalue weighted by Crippen LogP contribution is 2.27. The first-order valence-corrected chi connectivity index (χ1v) is 5.29. The van der Waals surface area contributed by atoms with Crippen LogP contribution in [0.1, 0.15) is 9.67 Å². The van der Waals surface area contributed by atoms with Crippen LogP contribution in [0.5, 0.6) is 5.75 Å². The lowest BCUT2D eigenvalue weighted by molar-refractivity contribution is 0.0644. The van der Waals surface area contributed by atoms with Crippen LogP contribution in [0.25, 0.3) is 0 Å². The summed E-state index contributed by atoms with van der Waals surface area (Å²) in [4.78, 5) is 10.9. The SMILES string of the molecule is O=C(O)c1sccc1OC1COCC1O. The molecule has 6 heteroatoms. The van der Waals surface area contributed by atoms with Gasteiger partial charge in [-0.25, -0.2) is 4.79 Å². The number of hydrogen-bond acceptors (Lipinski definition) is 5. The fourth-order valence-electron chi connectivity index (χ4n) is 1.35. The van der Waals surface area contributed by atoms with Crippen molar-refractivity contribution in [3.05, 3.63) is 16.3 Å². The number of carbonyl (C=O) groups is 1. The number of rotatable bonds is 3. The molecule has 0 saturated carbocycles. The number of aliphatic hydroxyl groups is 1. The molecule has 0 aliphatic carbocycles. The second kappa shape index (κ2) is 4.18. The highest BCUT2D eigenvalue weighted by Gasteiger charge is 2.29. The first-order valence-electron chi connectivity index (χ1n) is 4.41. The fourth-order valence-corrected chi connectivity index (χ4v) is 2.01. The Hall–Kier alpha value is -1.11. The monoisotopic (exact) mass is 230 g/mol. The molecule has 1 saturated heterocycles. The van der Waals surface area contributed by atoms with Gasteiger partial charge in [0.15, 0.2) is 4.88 Å². The Balaban J connectivity index is 2.10. The number of thiophene rings is 1. The molecule has 1 aromatic rings. The molecule has 2 unspecified atom stereocenters. The summed E-state index contributed by atoms with van der Waals surface area (Å²) >= 11 is 1.10. The van der Waals surface area contributed by atoms with Crippen molar-refractivity contribution in [3.63, 3.8) is 0 Å². The summed E-state index contributed by atoms with van der Waals surface area (Å²) in [5, 5.41) is 19.9. The maximum atomic E-state index is 10.8. The largest absolute Gasteiger partial charge is 0.483 e. The van der Waals surface area contributed by atoms with E-state index in [0.717, 1.165) is 11.3 Å². The molecule has 15 heavy (non-hydrogen) atoms. The van der Waals surface area contributed by atoms with Gasteiger partial charge in [0.1, 0.15) is 18.0 Å². The second-order valence-corrected chi connectivity index (χ2v) is 4.10. The molecule has 5 nitrogen and oxygen atoms in total. The summed E-state index contributed by atoms with van der Waals surface area (Å²) in [6, 6.07) is 1.58. The van der Waals surface area contributed by atoms with Crippen LogP contribution >= 0.6 is 11.3 Å². The summed E-state index contributed by atoms with van der Waals surface area (Å²) in [6.45, 7) is 0.521. The zero-order valence-electron chi connectivity index (χ0n) is 7.75. The first-order chi connectivity index (χ1) is 7.18. The Morgan fingerprint density at radius 1 is 1.60 bits per heavy atom. The number of hydrogen-bond donors (Lipinski definition) is 2. The van der Waals surface area contributed by atoms with E-state index >= 15 is 0 Å². The molecule has 82 valence electrons. The van der Waals surface area contributed by atoms with Crippen LogP contribution in [0, 0.1) is 0 Å². The maximum absolute atomic E-state index is 10.8. The van der Waals surface area contributed by atoms with Crippen molar-refractivity contribution < 1.29 is 24.5 Å². The van der Waals surface area contributed by atoms with E-state index in [-0.39, 0.29) is 18.1 Å². The Kier molecular flexibility index (Phi) is 2.90. The minimum absolute atomic E-state index is 0.147. The van der Waals surface area contributed by atoms with Crippen molar-refractivity contribution in [2.24, 2.45) is 0 Å². The third-order valence-corrected chi connectivity index (χ3v) is 2.99. The Morgan fingerprint density at radius 2 is 2.40 bits per heavy atom. The number of carboxylic acids is 1. The predicted octanol–water partition coefficient (Wildman–Crippen LogP) is 0.585. The van der Waals surface area contributed by atoms with Crippen LogP contribution in [0.15, 0.2) is 11.4 Å². The summed E-state index contributed by atoms with van der Waals surface area (Å²) in [5.41, 5.74) is 0. The van der Waals surface area contributed by atoms with E-state index in [0.29, 0.717) is 5.75 Å². The average Bonchev–Trinajstić information content (AvgIpc) is 2.77. The Labute approximate surface area is 89.9 Å². The molecule has 1 aliphatic heterocycles. The van der Waals surface area contributed by atoms with E-state index in [2.05, 4.69) is 0 Å². The van der Waals surface area contributed by atoms with E-state index in [1.165, 1.54) is 0 Å². The second-order valence-electron chi connectivity index (χ2n) is 3.18. The average molecular weight is 230 g/mol. The fraction of sp³-hybridized carbons (Fsp3) is 0.444. The third kappa shape index (κ3) is 2.11. The van der Waals surface area contributed by atoms with E-state index in [1.54, 1.807) is 11.4 Å². The van der Waals surface area contributed by atoms with Crippen molar-refractivity contribution in [3.8, 4) is 5.75 Å². The van der Waals surface area contributed by atoms with Gasteiger partial charge in [0.25, 0.3) is 0 Å². The van der Waals surface area contributed by atoms with Gasteiger partial charge in [-0.1, -0.05) is 0 Å². The third-order valence-electron chi connectivity index (χ3n) is 2.10. The molecule has 0 aromatic carbocycles. The molecule has 0 bridgehead atoms. The van der Waals surface area contributed by atoms with Crippen molar-refractivity contribution in [1.82, 2.24) is 0 Å². The van der Waals surface area contributed by atoms with Crippen LogP contribution in [0.3, 0.4) is 0 Å². The zero-order valence-corrected chi connectivity index (χ0v) is 8.57. The topological polar surface area (TPSA) is 76.0 Å². The Morgan fingerprint density at radius 3 is 3.00 bits per heavy atom. The van der Waals surface area contributed by atoms with E-state index < -0.39 is 18.2 Å². The summed E-state index contributed by atoms with van der Waals surface area (Å²) in [7, 11) is 0. The number of carboxylic acid groups (broad SMARTS) is 1. The lowest BCUT2D eigenvalue weighted by atomic mass is 10.2. The van der Waals surface area contributed by atoms with Crippen LogP contribution < -0.4 is 4.74 Å². The van der Waals surface area contributed by atoms with Crippen molar-refractivity contribution in [2.75, 3.05) is 13.2 Å². The lowest BCUT2D eigenvalue weighted by Crippen LogP contribution is -2.30. The van der Waals surface area contributed by atoms with Crippen LogP contribution in [-0.2, 0) is 4.74 Å². The normalized spacial score (nSPS) is 25.4. The minimum Gasteiger partial charge on any atom is -0.483 e. The van der Waals surface area contributed by atoms with Gasteiger partial charge in [0.2, 0.25) is 0 Å². The van der Waals surface area contributed by atoms with Crippen molar-refractivity contribution in [2.45, 2.75) is 12.2 Å². The van der Waals surface area contributed by atoms with Gasteiger partial charge in [-0.3, -0.25) is 0 Å². The molecule has 1 aliphatic rings. The molecule has 1 aromatic heterocycles. The van der Waals surface area contributed by atoms with Gasteiger partial charge in [0.05, 0.1) is 13.2 Å². The first kappa shape index (κ1) is 10.4. The predicted molar refractivity (Wildman–Crippen MR) is 52.5 cm³/mol. The lowest BCUT2D eigenvalue weighted by Gasteiger charge is -2.14. The molecule has 2 atom stereocenters. The highest BCUT2D eigenvalue weighted by atomic mass is 32.1. The van der Waals surface area contributed by atoms with Crippen LogP contribution in [0.4, 0.5) is 0 Å². The smallest absolute Gasteiger partial charge is 0.349 e. The molecule has 0 radical (unpaired) electrons. The molecular formula is C9H10O5S. The zero-order chi connectivity index (χ0) is 10.8. The molecule has 2 heterocycles. The van der Waals surface area contributed by atoms with E-state index in [9.17, 15) is 9.90 Å². The van der Waals surface area contributed by atoms with Gasteiger partial charge < -0.3 is 19.7 Å². The van der Waals surface area contributed by atoms with Crippen molar-refractivity contribution >= 4 is 17.3 Å². The Bertz CT molecular complexity index is 361. The maximum Gasteiger partial charge on any atom is 0.349 e. The summed E-state index contributed by atoms with van der Waals surface area (Å²) < 4.78 is 10.4. The van der Waals surface area contributed by atoms with Crippen LogP contribution in [-0.4, -0.2) is 41.6 Å². The molecule has 1 fully saturated rings. The molecule has 0 amide bonds. The quantitative estimate of drug-likeness (QED) is 0.794. The van der Waals surface area contributed by atoms with E-state index in [4.69, 9.17) is 14.6 Å². The highest BCUT2D eigenvalue weighted by molar-refractivity contribution is 7.12. The van der Waals surface area contributed by atoms with Gasteiger partial charge in [-0.2, -0.15) is 0 Å². The number of aliphatic hydroxyl groups excluding tert-OH is 1. The minimum atomic E-state index is -1.02. The molecule has 0 spiro atoms. The van der Waals surface area contributed by atoms with Crippen LogP contribution in [0.2, 0.25) is 0 Å². The van der Waals surface area contributed by atoms with E-state index in [1.807, 2.05) is 0 Å². The number of aromatic carboxylic acids is 1. The van der Waals surface area contributed by atoms with Gasteiger partial charge in [-0.15, -0.1) is 11.3 Å².